The number of halogens is 4. The predicted octanol–water partition coefficient (Wildman–Crippen LogP) is 6.97. The van der Waals surface area contributed by atoms with E-state index < -0.39 is 40.8 Å². The molecule has 11 heteroatoms. The molecule has 1 aliphatic rings. The lowest BCUT2D eigenvalue weighted by atomic mass is 9.74. The molecule has 0 radical (unpaired) electrons. The number of carboxylic acid groups (broad SMARTS) is 1. The molecule has 2 heterocycles. The number of carbonyl (C=O) groups excluding carboxylic acids is 1. The minimum atomic E-state index is -4.81. The second-order valence-electron chi connectivity index (χ2n) is 12.0. The summed E-state index contributed by atoms with van der Waals surface area (Å²) in [6.45, 7) is 7.81. The third-order valence-corrected chi connectivity index (χ3v) is 7.87. The van der Waals surface area contributed by atoms with E-state index in [9.17, 15) is 27.9 Å². The number of carboxylic acids is 1. The molecule has 0 bridgehead atoms. The number of hydrogen-bond donors (Lipinski definition) is 2. The average Bonchev–Trinajstić information content (AvgIpc) is 3.46. The summed E-state index contributed by atoms with van der Waals surface area (Å²) in [5.41, 5.74) is -1.20. The van der Waals surface area contributed by atoms with Crippen molar-refractivity contribution < 1.29 is 27.9 Å². The van der Waals surface area contributed by atoms with Gasteiger partial charge in [0.1, 0.15) is 0 Å². The van der Waals surface area contributed by atoms with E-state index >= 15 is 0 Å². The van der Waals surface area contributed by atoms with Crippen molar-refractivity contribution in [2.24, 2.45) is 10.8 Å². The lowest BCUT2D eigenvalue weighted by molar-refractivity contribution is -0.152. The van der Waals surface area contributed by atoms with E-state index in [1.807, 2.05) is 39.1 Å². The molecule has 0 spiro atoms. The van der Waals surface area contributed by atoms with Crippen LogP contribution in [-0.2, 0) is 17.4 Å². The smallest absolute Gasteiger partial charge is 0.433 e. The van der Waals surface area contributed by atoms with Crippen LogP contribution in [0.15, 0.2) is 30.6 Å². The Morgan fingerprint density at radius 1 is 1.23 bits per heavy atom. The van der Waals surface area contributed by atoms with E-state index in [0.29, 0.717) is 11.4 Å². The van der Waals surface area contributed by atoms with Crippen LogP contribution in [0.2, 0.25) is 5.02 Å². The highest BCUT2D eigenvalue weighted by molar-refractivity contribution is 6.35. The van der Waals surface area contributed by atoms with Crippen molar-refractivity contribution in [3.8, 4) is 0 Å². The first kappa shape index (κ1) is 29.0. The Balaban J connectivity index is 1.64. The van der Waals surface area contributed by atoms with Crippen LogP contribution in [0.4, 0.5) is 13.2 Å². The third kappa shape index (κ3) is 6.10. The number of amides is 1. The molecule has 1 aromatic carbocycles. The van der Waals surface area contributed by atoms with Gasteiger partial charge in [-0.1, -0.05) is 38.4 Å². The minimum absolute atomic E-state index is 0.192. The number of rotatable bonds is 7. The van der Waals surface area contributed by atoms with Crippen molar-refractivity contribution >= 4 is 34.4 Å². The molecule has 4 rings (SSSR count). The molecule has 2 N–H and O–H groups in total. The molecule has 3 aromatic rings. The molecular formula is C28H34ClF3N4O3. The second-order valence-corrected chi connectivity index (χ2v) is 12.4. The van der Waals surface area contributed by atoms with Gasteiger partial charge in [-0.15, -0.1) is 0 Å². The number of carbonyl (C=O) groups is 2. The van der Waals surface area contributed by atoms with Crippen molar-refractivity contribution in [1.29, 1.82) is 0 Å². The Labute approximate surface area is 230 Å². The third-order valence-electron chi connectivity index (χ3n) is 7.56. The van der Waals surface area contributed by atoms with Gasteiger partial charge in [0.05, 0.1) is 28.2 Å². The largest absolute Gasteiger partial charge is 0.481 e. The highest BCUT2D eigenvalue weighted by Gasteiger charge is 2.45. The summed E-state index contributed by atoms with van der Waals surface area (Å²) in [6, 6.07) is 4.84. The number of nitrogens with one attached hydrogen (secondary N) is 1. The van der Waals surface area contributed by atoms with Gasteiger partial charge in [-0.25, -0.2) is 0 Å². The Bertz CT molecular complexity index is 1360. The van der Waals surface area contributed by atoms with Gasteiger partial charge < -0.3 is 15.0 Å². The standard InChI is InChI=1S/C28H34ClF3N4O3/c1-26(2,3)16-35(13-10-17-14-33-21-7-5-6-20(29)22(17)21)24(37)19-15-34-36(23(19)28(30,31)32)18-8-11-27(4,12-9-18)25(38)39/h5-7,14-15,18,33H,8-13,16H2,1-4H3,(H,38,39). The normalized spacial score (nSPS) is 20.4. The van der Waals surface area contributed by atoms with Gasteiger partial charge in [0.25, 0.3) is 5.91 Å². The molecule has 1 amide bonds. The average molecular weight is 567 g/mol. The van der Waals surface area contributed by atoms with Gasteiger partial charge in [0.2, 0.25) is 0 Å². The van der Waals surface area contributed by atoms with Crippen LogP contribution in [-0.4, -0.2) is 49.7 Å². The fourth-order valence-electron chi connectivity index (χ4n) is 5.43. The zero-order valence-corrected chi connectivity index (χ0v) is 23.3. The highest BCUT2D eigenvalue weighted by Crippen LogP contribution is 2.43. The number of fused-ring (bicyclic) bond motifs is 1. The van der Waals surface area contributed by atoms with Crippen LogP contribution in [0.25, 0.3) is 10.9 Å². The number of nitrogens with zero attached hydrogens (tertiary/aromatic N) is 3. The maximum Gasteiger partial charge on any atom is 0.433 e. The van der Waals surface area contributed by atoms with Gasteiger partial charge in [0, 0.05) is 30.2 Å². The van der Waals surface area contributed by atoms with E-state index in [4.69, 9.17) is 11.6 Å². The molecular weight excluding hydrogens is 533 g/mol. The molecule has 0 aliphatic heterocycles. The molecule has 212 valence electrons. The Morgan fingerprint density at radius 3 is 2.49 bits per heavy atom. The van der Waals surface area contributed by atoms with Gasteiger partial charge in [-0.2, -0.15) is 18.3 Å². The fraction of sp³-hybridized carbons (Fsp3) is 0.536. The highest BCUT2D eigenvalue weighted by atomic mass is 35.5. The topological polar surface area (TPSA) is 91.2 Å². The summed E-state index contributed by atoms with van der Waals surface area (Å²) in [7, 11) is 0. The monoisotopic (exact) mass is 566 g/mol. The van der Waals surface area contributed by atoms with Crippen LogP contribution in [0.5, 0.6) is 0 Å². The molecule has 1 saturated carbocycles. The zero-order valence-electron chi connectivity index (χ0n) is 22.5. The zero-order chi connectivity index (χ0) is 28.8. The van der Waals surface area contributed by atoms with Gasteiger partial charge in [0.15, 0.2) is 5.69 Å². The molecule has 1 fully saturated rings. The number of aromatic amines is 1. The number of alkyl halides is 3. The fourth-order valence-corrected chi connectivity index (χ4v) is 5.73. The van der Waals surface area contributed by atoms with Gasteiger partial charge >= 0.3 is 12.1 Å². The summed E-state index contributed by atoms with van der Waals surface area (Å²) in [6.07, 6.45) is -0.669. The molecule has 39 heavy (non-hydrogen) atoms. The maximum atomic E-state index is 14.4. The number of H-pyrrole nitrogens is 1. The summed E-state index contributed by atoms with van der Waals surface area (Å²) in [4.78, 5) is 29.9. The lowest BCUT2D eigenvalue weighted by Crippen LogP contribution is -2.40. The van der Waals surface area contributed by atoms with Crippen molar-refractivity contribution in [1.82, 2.24) is 19.7 Å². The summed E-state index contributed by atoms with van der Waals surface area (Å²) in [5.74, 6) is -1.69. The van der Waals surface area contributed by atoms with Crippen LogP contribution >= 0.6 is 11.6 Å². The maximum absolute atomic E-state index is 14.4. The minimum Gasteiger partial charge on any atom is -0.481 e. The lowest BCUT2D eigenvalue weighted by Gasteiger charge is -2.34. The predicted molar refractivity (Wildman–Crippen MR) is 143 cm³/mol. The van der Waals surface area contributed by atoms with E-state index in [-0.39, 0.29) is 44.2 Å². The molecule has 0 atom stereocenters. The van der Waals surface area contributed by atoms with E-state index in [1.54, 1.807) is 13.0 Å². The molecule has 7 nitrogen and oxygen atoms in total. The number of aromatic nitrogens is 3. The van der Waals surface area contributed by atoms with Crippen molar-refractivity contribution in [3.63, 3.8) is 0 Å². The van der Waals surface area contributed by atoms with E-state index in [0.717, 1.165) is 27.3 Å². The van der Waals surface area contributed by atoms with Crippen molar-refractivity contribution in [2.75, 3.05) is 13.1 Å². The first-order chi connectivity index (χ1) is 18.1. The van der Waals surface area contributed by atoms with E-state index in [2.05, 4.69) is 10.1 Å². The van der Waals surface area contributed by atoms with Crippen LogP contribution in [0.3, 0.4) is 0 Å². The molecule has 0 unspecified atom stereocenters. The first-order valence-corrected chi connectivity index (χ1v) is 13.4. The summed E-state index contributed by atoms with van der Waals surface area (Å²) < 4.78 is 44.2. The SMILES string of the molecule is CC(C)(C)CN(CCc1c[nH]c2cccc(Cl)c12)C(=O)c1cnn(C2CCC(C)(C(=O)O)CC2)c1C(F)(F)F. The molecule has 0 saturated heterocycles. The van der Waals surface area contributed by atoms with Crippen LogP contribution in [0.1, 0.15) is 81.0 Å². The molecule has 2 aromatic heterocycles. The second kappa shape index (κ2) is 10.5. The van der Waals surface area contributed by atoms with Crippen LogP contribution < -0.4 is 0 Å². The summed E-state index contributed by atoms with van der Waals surface area (Å²) >= 11 is 6.40. The van der Waals surface area contributed by atoms with Crippen molar-refractivity contribution in [3.05, 3.63) is 52.4 Å². The first-order valence-electron chi connectivity index (χ1n) is 13.0. The number of benzene rings is 1. The number of aliphatic carboxylic acids is 1. The Kier molecular flexibility index (Phi) is 7.82. The summed E-state index contributed by atoms with van der Waals surface area (Å²) in [5, 5.41) is 14.9. The van der Waals surface area contributed by atoms with Crippen LogP contribution in [0, 0.1) is 10.8 Å². The Hall–Kier alpha value is -3.01. The Morgan fingerprint density at radius 2 is 1.90 bits per heavy atom. The van der Waals surface area contributed by atoms with Gasteiger partial charge in [-0.05, 0) is 62.1 Å². The molecule has 1 aliphatic carbocycles. The quantitative estimate of drug-likeness (QED) is 0.323. The van der Waals surface area contributed by atoms with Crippen molar-refractivity contribution in [2.45, 2.75) is 72.0 Å². The van der Waals surface area contributed by atoms with E-state index in [1.165, 1.54) is 4.90 Å². The number of hydrogen-bond acceptors (Lipinski definition) is 3. The van der Waals surface area contributed by atoms with Gasteiger partial charge in [-0.3, -0.25) is 14.3 Å².